The van der Waals surface area contributed by atoms with Gasteiger partial charge in [0.25, 0.3) is 0 Å². The smallest absolute Gasteiger partial charge is 0.409 e. The van der Waals surface area contributed by atoms with Crippen molar-refractivity contribution >= 4 is 33.8 Å². The molecule has 0 aromatic heterocycles. The number of benzene rings is 1. The van der Waals surface area contributed by atoms with Crippen molar-refractivity contribution in [1.29, 1.82) is 0 Å². The van der Waals surface area contributed by atoms with Gasteiger partial charge in [-0.15, -0.1) is 0 Å². The van der Waals surface area contributed by atoms with Crippen LogP contribution in [0.1, 0.15) is 32.4 Å². The Morgan fingerprint density at radius 1 is 1.00 bits per heavy atom. The van der Waals surface area contributed by atoms with Gasteiger partial charge in [-0.1, -0.05) is 28.1 Å². The van der Waals surface area contributed by atoms with Crippen LogP contribution in [-0.2, 0) is 33.3 Å². The summed E-state index contributed by atoms with van der Waals surface area (Å²) in [7, 11) is 0. The van der Waals surface area contributed by atoms with Gasteiger partial charge in [0.15, 0.2) is 6.10 Å². The largest absolute Gasteiger partial charge is 0.465 e. The molecule has 1 aromatic rings. The Bertz CT molecular complexity index is 862. The first-order valence-electron chi connectivity index (χ1n) is 9.74. The lowest BCUT2D eigenvalue weighted by atomic mass is 9.74. The molecule has 2 unspecified atom stereocenters. The molecule has 2 rings (SSSR count). The summed E-state index contributed by atoms with van der Waals surface area (Å²) in [5, 5.41) is 0. The van der Waals surface area contributed by atoms with Crippen molar-refractivity contribution in [3.05, 3.63) is 46.0 Å². The summed E-state index contributed by atoms with van der Waals surface area (Å²) in [5.41, 5.74) is -3.48. The summed E-state index contributed by atoms with van der Waals surface area (Å²) in [6.07, 6.45) is -8.80. The van der Waals surface area contributed by atoms with Crippen molar-refractivity contribution in [3.63, 3.8) is 0 Å². The lowest BCUT2D eigenvalue weighted by molar-refractivity contribution is -0.183. The van der Waals surface area contributed by atoms with E-state index in [4.69, 9.17) is 18.9 Å². The number of hydrogen-bond donors (Lipinski definition) is 0. The molecule has 0 amide bonds. The normalized spacial score (nSPS) is 21.3. The highest BCUT2D eigenvalue weighted by Crippen LogP contribution is 2.53. The van der Waals surface area contributed by atoms with E-state index in [0.717, 1.165) is 0 Å². The van der Waals surface area contributed by atoms with Gasteiger partial charge in [-0.2, -0.15) is 13.2 Å². The highest BCUT2D eigenvalue weighted by atomic mass is 79.9. The Morgan fingerprint density at radius 3 is 1.94 bits per heavy atom. The Morgan fingerprint density at radius 2 is 1.50 bits per heavy atom. The molecular weight excluding hydrogens is 501 g/mol. The number of rotatable bonds is 7. The number of hydrogen-bond acceptors (Lipinski definition) is 7. The third-order valence-electron chi connectivity index (χ3n) is 4.59. The van der Waals surface area contributed by atoms with Crippen LogP contribution in [0.3, 0.4) is 0 Å². The van der Waals surface area contributed by atoms with Crippen LogP contribution >= 0.6 is 15.9 Å². The van der Waals surface area contributed by atoms with Crippen molar-refractivity contribution in [2.75, 3.05) is 19.8 Å². The average Bonchev–Trinajstić information content (AvgIpc) is 3.03. The van der Waals surface area contributed by atoms with Gasteiger partial charge in [0.2, 0.25) is 5.41 Å². The van der Waals surface area contributed by atoms with E-state index >= 15 is 0 Å². The molecule has 11 heteroatoms. The molecule has 0 spiro atoms. The van der Waals surface area contributed by atoms with Gasteiger partial charge in [0.05, 0.1) is 19.8 Å². The number of allylic oxidation sites excluding steroid dienone is 1. The zero-order valence-electron chi connectivity index (χ0n) is 17.5. The van der Waals surface area contributed by atoms with Crippen molar-refractivity contribution in [2.24, 2.45) is 5.41 Å². The maximum Gasteiger partial charge on any atom is 0.409 e. The molecule has 2 atom stereocenters. The van der Waals surface area contributed by atoms with Gasteiger partial charge in [0.1, 0.15) is 6.10 Å². The molecule has 1 aliphatic heterocycles. The topological polar surface area (TPSA) is 88.1 Å². The summed E-state index contributed by atoms with van der Waals surface area (Å²) >= 11 is 3.23. The summed E-state index contributed by atoms with van der Waals surface area (Å²) in [4.78, 5) is 38.9. The van der Waals surface area contributed by atoms with E-state index in [-0.39, 0.29) is 31.5 Å². The van der Waals surface area contributed by atoms with Crippen LogP contribution in [0.4, 0.5) is 13.2 Å². The van der Waals surface area contributed by atoms with Crippen LogP contribution in [-0.4, -0.2) is 50.0 Å². The minimum absolute atomic E-state index is 0.165. The lowest BCUT2D eigenvalue weighted by Crippen LogP contribution is -2.53. The predicted octanol–water partition coefficient (Wildman–Crippen LogP) is 4.05. The zero-order valence-corrected chi connectivity index (χ0v) is 19.1. The van der Waals surface area contributed by atoms with Crippen molar-refractivity contribution < 1.29 is 46.5 Å². The first-order valence-corrected chi connectivity index (χ1v) is 10.5. The van der Waals surface area contributed by atoms with E-state index < -0.39 is 47.3 Å². The molecule has 0 bridgehead atoms. The average molecular weight is 523 g/mol. The van der Waals surface area contributed by atoms with Crippen LogP contribution in [0, 0.1) is 5.41 Å². The highest BCUT2D eigenvalue weighted by molar-refractivity contribution is 9.10. The quantitative estimate of drug-likeness (QED) is 0.231. The highest BCUT2D eigenvalue weighted by Gasteiger charge is 2.69. The van der Waals surface area contributed by atoms with E-state index in [9.17, 15) is 27.6 Å². The van der Waals surface area contributed by atoms with Crippen LogP contribution in [0.5, 0.6) is 0 Å². The van der Waals surface area contributed by atoms with E-state index in [1.807, 2.05) is 0 Å². The van der Waals surface area contributed by atoms with Crippen molar-refractivity contribution in [1.82, 2.24) is 0 Å². The maximum absolute atomic E-state index is 13.6. The molecule has 1 aliphatic rings. The monoisotopic (exact) mass is 522 g/mol. The van der Waals surface area contributed by atoms with Crippen LogP contribution in [0.25, 0.3) is 0 Å². The predicted molar refractivity (Wildman–Crippen MR) is 108 cm³/mol. The Hall–Kier alpha value is -2.40. The molecule has 32 heavy (non-hydrogen) atoms. The summed E-state index contributed by atoms with van der Waals surface area (Å²) in [6.45, 7) is 3.58. The van der Waals surface area contributed by atoms with Crippen LogP contribution < -0.4 is 0 Å². The summed E-state index contributed by atoms with van der Waals surface area (Å²) in [6, 6.07) is 5.96. The van der Waals surface area contributed by atoms with Crippen molar-refractivity contribution in [2.45, 2.75) is 39.2 Å². The molecular formula is C21H22BrF3O7. The molecule has 0 aliphatic carbocycles. The number of ether oxygens (including phenoxy) is 4. The first kappa shape index (κ1) is 25.9. The van der Waals surface area contributed by atoms with E-state index in [2.05, 4.69) is 15.9 Å². The fraction of sp³-hybridized carbons (Fsp3) is 0.476. The molecule has 1 saturated heterocycles. The number of carbonyl (C=O) groups is 3. The second kappa shape index (κ2) is 10.5. The first-order chi connectivity index (χ1) is 15.0. The van der Waals surface area contributed by atoms with Gasteiger partial charge in [-0.05, 0) is 44.0 Å². The minimum Gasteiger partial charge on any atom is -0.465 e. The molecule has 0 saturated carbocycles. The van der Waals surface area contributed by atoms with E-state index in [0.29, 0.717) is 4.47 Å². The van der Waals surface area contributed by atoms with Crippen molar-refractivity contribution in [3.8, 4) is 0 Å². The molecule has 0 radical (unpaired) electrons. The van der Waals surface area contributed by atoms with Crippen LogP contribution in [0.2, 0.25) is 0 Å². The third kappa shape index (κ3) is 5.15. The lowest BCUT2D eigenvalue weighted by Gasteiger charge is -2.29. The maximum atomic E-state index is 13.6. The number of halogens is 4. The zero-order chi connectivity index (χ0) is 24.1. The standard InChI is InChI=1S/C21H22BrF3O7/c1-4-29-17(26)16-21(18(27)30-5-2,19(28)31-6-3)14(11-20(23,24)25)15(32-16)12-7-9-13(22)10-8-12/h7-11,15-16H,4-6H2,1-3H3/b14-11-. The molecule has 0 N–H and O–H groups in total. The third-order valence-corrected chi connectivity index (χ3v) is 5.12. The second-order valence-corrected chi connectivity index (χ2v) is 7.51. The molecule has 176 valence electrons. The molecule has 7 nitrogen and oxygen atoms in total. The van der Waals surface area contributed by atoms with Crippen LogP contribution in [0.15, 0.2) is 40.4 Å². The summed E-state index contributed by atoms with van der Waals surface area (Å²) < 4.78 is 62.0. The number of esters is 3. The van der Waals surface area contributed by atoms with Gasteiger partial charge in [0, 0.05) is 10.5 Å². The Balaban J connectivity index is 2.87. The Labute approximate surface area is 191 Å². The minimum atomic E-state index is -4.96. The summed E-state index contributed by atoms with van der Waals surface area (Å²) in [5.74, 6) is -3.99. The molecule has 1 heterocycles. The fourth-order valence-corrected chi connectivity index (χ4v) is 3.67. The number of alkyl halides is 3. The van der Waals surface area contributed by atoms with E-state index in [1.54, 1.807) is 0 Å². The fourth-order valence-electron chi connectivity index (χ4n) is 3.40. The van der Waals surface area contributed by atoms with E-state index in [1.165, 1.54) is 45.0 Å². The Kier molecular flexibility index (Phi) is 8.47. The van der Waals surface area contributed by atoms with Gasteiger partial charge in [-0.3, -0.25) is 9.59 Å². The molecule has 1 fully saturated rings. The number of carbonyl (C=O) groups excluding carboxylic acids is 3. The van der Waals surface area contributed by atoms with Gasteiger partial charge < -0.3 is 18.9 Å². The molecule has 1 aromatic carbocycles. The van der Waals surface area contributed by atoms with Gasteiger partial charge in [-0.25, -0.2) is 4.79 Å². The van der Waals surface area contributed by atoms with Gasteiger partial charge >= 0.3 is 24.1 Å². The SMILES string of the molecule is CCOC(=O)C1OC(c2ccc(Br)cc2)/C(=C/C(F)(F)F)C1(C(=O)OCC)C(=O)OCC. The second-order valence-electron chi connectivity index (χ2n) is 6.59.